The number of thiazole rings is 1. The Labute approximate surface area is 216 Å². The maximum Gasteiger partial charge on any atom is 0.271 e. The average Bonchev–Trinajstić information content (AvgIpc) is 3.48. The van der Waals surface area contributed by atoms with Crippen molar-refractivity contribution in [3.63, 3.8) is 0 Å². The minimum absolute atomic E-state index is 0.121. The first kappa shape index (κ1) is 27.0. The van der Waals surface area contributed by atoms with Crippen molar-refractivity contribution in [2.24, 2.45) is 12.0 Å². The molecule has 0 saturated carbocycles. The first-order chi connectivity index (χ1) is 17.2. The van der Waals surface area contributed by atoms with Crippen LogP contribution in [0.3, 0.4) is 0 Å². The van der Waals surface area contributed by atoms with Crippen molar-refractivity contribution >= 4 is 28.9 Å². The number of aryl methyl sites for hydroxylation is 1. The number of nitrogens with one attached hydrogen (secondary N) is 2. The van der Waals surface area contributed by atoms with E-state index in [0.717, 1.165) is 24.2 Å². The molecule has 0 aliphatic rings. The van der Waals surface area contributed by atoms with Crippen LogP contribution in [0.2, 0.25) is 0 Å². The summed E-state index contributed by atoms with van der Waals surface area (Å²) in [5.74, 6) is -0.558. The molecule has 2 atom stereocenters. The van der Waals surface area contributed by atoms with Crippen LogP contribution in [0.5, 0.6) is 0 Å². The molecule has 0 radical (unpaired) electrons. The molecule has 1 aromatic carbocycles. The number of carbonyl (C=O) groups excluding carboxylic acids is 2. The van der Waals surface area contributed by atoms with E-state index in [2.05, 4.69) is 37.2 Å². The summed E-state index contributed by atoms with van der Waals surface area (Å²) in [6.45, 7) is 8.15. The number of rotatable bonds is 11. The van der Waals surface area contributed by atoms with Gasteiger partial charge in [0.25, 0.3) is 11.8 Å². The molecular formula is C26H33N7O2S. The van der Waals surface area contributed by atoms with E-state index in [1.807, 2.05) is 58.3 Å². The maximum absolute atomic E-state index is 13.1. The van der Waals surface area contributed by atoms with Crippen molar-refractivity contribution in [3.05, 3.63) is 82.2 Å². The number of aliphatic imine (C=N–C) groups is 1. The normalized spacial score (nSPS) is 13.3. The molecule has 2 heterocycles. The van der Waals surface area contributed by atoms with Gasteiger partial charge in [-0.3, -0.25) is 19.3 Å². The second-order valence-electron chi connectivity index (χ2n) is 8.71. The Morgan fingerprint density at radius 2 is 1.94 bits per heavy atom. The number of amides is 2. The van der Waals surface area contributed by atoms with Crippen molar-refractivity contribution in [1.82, 2.24) is 30.3 Å². The molecule has 2 unspecified atom stereocenters. The summed E-state index contributed by atoms with van der Waals surface area (Å²) >= 11 is 1.26. The molecule has 3 aromatic rings. The smallest absolute Gasteiger partial charge is 0.271 e. The fraction of sp³-hybridized carbons (Fsp3) is 0.346. The molecule has 0 aliphatic heterocycles. The van der Waals surface area contributed by atoms with E-state index < -0.39 is 6.04 Å². The topological polar surface area (TPSA) is 105 Å². The fourth-order valence-electron chi connectivity index (χ4n) is 3.62. The molecule has 190 valence electrons. The third-order valence-corrected chi connectivity index (χ3v) is 6.94. The van der Waals surface area contributed by atoms with Gasteiger partial charge in [-0.25, -0.2) is 4.98 Å². The van der Waals surface area contributed by atoms with Crippen LogP contribution in [0.1, 0.15) is 56.9 Å². The van der Waals surface area contributed by atoms with Gasteiger partial charge >= 0.3 is 0 Å². The number of hydrogen-bond donors (Lipinski definition) is 2. The lowest BCUT2D eigenvalue weighted by molar-refractivity contribution is -0.115. The zero-order valence-electron chi connectivity index (χ0n) is 21.4. The van der Waals surface area contributed by atoms with Gasteiger partial charge in [-0.2, -0.15) is 5.10 Å². The predicted molar refractivity (Wildman–Crippen MR) is 143 cm³/mol. The highest BCUT2D eigenvalue weighted by molar-refractivity contribution is 7.13. The van der Waals surface area contributed by atoms with Gasteiger partial charge in [0.2, 0.25) is 0 Å². The Morgan fingerprint density at radius 3 is 2.56 bits per heavy atom. The lowest BCUT2D eigenvalue weighted by Gasteiger charge is -2.21. The van der Waals surface area contributed by atoms with E-state index in [0.29, 0.717) is 15.4 Å². The van der Waals surface area contributed by atoms with E-state index in [-0.39, 0.29) is 23.6 Å². The molecule has 0 saturated heterocycles. The van der Waals surface area contributed by atoms with Crippen LogP contribution in [0.25, 0.3) is 0 Å². The summed E-state index contributed by atoms with van der Waals surface area (Å²) in [6, 6.07) is 9.39. The molecule has 0 fully saturated rings. The fourth-order valence-corrected chi connectivity index (χ4v) is 4.44. The third kappa shape index (κ3) is 6.73. The lowest BCUT2D eigenvalue weighted by atomic mass is 10.0. The van der Waals surface area contributed by atoms with Crippen LogP contribution >= 0.6 is 11.3 Å². The van der Waals surface area contributed by atoms with E-state index in [9.17, 15) is 9.59 Å². The van der Waals surface area contributed by atoms with Gasteiger partial charge < -0.3 is 15.5 Å². The van der Waals surface area contributed by atoms with Crippen LogP contribution in [0, 0.1) is 6.92 Å². The summed E-state index contributed by atoms with van der Waals surface area (Å²) < 4.78 is 1.68. The quantitative estimate of drug-likeness (QED) is 0.387. The van der Waals surface area contributed by atoms with Gasteiger partial charge in [0, 0.05) is 24.5 Å². The van der Waals surface area contributed by atoms with E-state index >= 15 is 0 Å². The van der Waals surface area contributed by atoms with Gasteiger partial charge in [0.05, 0.1) is 24.5 Å². The number of hydrogen-bond acceptors (Lipinski definition) is 7. The molecule has 2 amide bonds. The summed E-state index contributed by atoms with van der Waals surface area (Å²) in [7, 11) is 5.82. The van der Waals surface area contributed by atoms with Crippen molar-refractivity contribution in [3.8, 4) is 0 Å². The molecule has 0 bridgehead atoms. The van der Waals surface area contributed by atoms with Gasteiger partial charge in [-0.1, -0.05) is 36.9 Å². The maximum atomic E-state index is 13.1. The second kappa shape index (κ2) is 12.4. The highest BCUT2D eigenvalue weighted by Crippen LogP contribution is 2.23. The summed E-state index contributed by atoms with van der Waals surface area (Å²) in [4.78, 5) is 37.2. The van der Waals surface area contributed by atoms with E-state index in [1.54, 1.807) is 24.1 Å². The zero-order chi connectivity index (χ0) is 26.2. The first-order valence-electron chi connectivity index (χ1n) is 11.7. The lowest BCUT2D eigenvalue weighted by Crippen LogP contribution is -2.34. The minimum atomic E-state index is -0.422. The monoisotopic (exact) mass is 507 g/mol. The van der Waals surface area contributed by atoms with Crippen LogP contribution in [0.4, 0.5) is 0 Å². The van der Waals surface area contributed by atoms with Crippen LogP contribution < -0.4 is 10.6 Å². The molecule has 0 spiro atoms. The molecule has 10 heteroatoms. The predicted octanol–water partition coefficient (Wildman–Crippen LogP) is 3.42. The van der Waals surface area contributed by atoms with Crippen LogP contribution in [-0.4, -0.2) is 57.8 Å². The summed E-state index contributed by atoms with van der Waals surface area (Å²) in [5, 5.41) is 10.9. The Balaban J connectivity index is 1.70. The first-order valence-corrected chi connectivity index (χ1v) is 12.5. The number of aromatic nitrogens is 3. The molecule has 2 aromatic heterocycles. The zero-order valence-corrected chi connectivity index (χ0v) is 22.2. The summed E-state index contributed by atoms with van der Waals surface area (Å²) in [5.41, 5.74) is 2.72. The molecule has 9 nitrogen and oxygen atoms in total. The Hall–Kier alpha value is -3.63. The summed E-state index contributed by atoms with van der Waals surface area (Å²) in [6.07, 6.45) is 5.26. The van der Waals surface area contributed by atoms with Gasteiger partial charge in [0.15, 0.2) is 0 Å². The molecular weight excluding hydrogens is 474 g/mol. The second-order valence-corrected chi connectivity index (χ2v) is 9.78. The Bertz CT molecular complexity index is 1230. The number of carbonyl (C=O) groups is 2. The SMILES string of the molecule is C=CN=C(C(=O)NC(C)c1ncc(C(=O)NC(CCN(C)C)c2ccccc2)s1)c1cnn(C)c1C. The standard InChI is InChI=1S/C26H33N7O2S/c1-7-27-23(20-15-29-33(6)18(20)3)25(35)30-17(2)26-28-16-22(36-26)24(34)31-21(13-14-32(4)5)19-11-9-8-10-12-19/h7-12,15-17,21H,1,13-14H2,2-6H3,(H,30,35)(H,31,34). The average molecular weight is 508 g/mol. The minimum Gasteiger partial charge on any atom is -0.344 e. The number of nitrogens with zero attached hydrogens (tertiary/aromatic N) is 5. The Morgan fingerprint density at radius 1 is 1.22 bits per heavy atom. The van der Waals surface area contributed by atoms with Crippen LogP contribution in [0.15, 0.2) is 60.5 Å². The largest absolute Gasteiger partial charge is 0.344 e. The highest BCUT2D eigenvalue weighted by Gasteiger charge is 2.23. The van der Waals surface area contributed by atoms with Gasteiger partial charge in [-0.05, 0) is 46.5 Å². The molecule has 2 N–H and O–H groups in total. The highest BCUT2D eigenvalue weighted by atomic mass is 32.1. The van der Waals surface area contributed by atoms with Crippen molar-refractivity contribution in [2.75, 3.05) is 20.6 Å². The van der Waals surface area contributed by atoms with E-state index in [1.165, 1.54) is 17.5 Å². The van der Waals surface area contributed by atoms with Gasteiger partial charge in [-0.15, -0.1) is 11.3 Å². The van der Waals surface area contributed by atoms with Crippen molar-refractivity contribution in [2.45, 2.75) is 32.4 Å². The molecule has 0 aliphatic carbocycles. The Kier molecular flexibility index (Phi) is 9.26. The van der Waals surface area contributed by atoms with Crippen molar-refractivity contribution < 1.29 is 9.59 Å². The van der Waals surface area contributed by atoms with Gasteiger partial charge in [0.1, 0.15) is 15.6 Å². The van der Waals surface area contributed by atoms with E-state index in [4.69, 9.17) is 0 Å². The molecule has 36 heavy (non-hydrogen) atoms. The van der Waals surface area contributed by atoms with Crippen LogP contribution in [-0.2, 0) is 11.8 Å². The molecule has 3 rings (SSSR count). The number of benzene rings is 1. The third-order valence-electron chi connectivity index (χ3n) is 5.76. The van der Waals surface area contributed by atoms with Crippen molar-refractivity contribution in [1.29, 1.82) is 0 Å².